The van der Waals surface area contributed by atoms with Gasteiger partial charge in [-0.2, -0.15) is 5.26 Å². The second-order valence-corrected chi connectivity index (χ2v) is 5.94. The molecule has 0 heterocycles. The maximum atomic E-state index is 8.96. The minimum Gasteiger partial charge on any atom is -0.457 e. The van der Waals surface area contributed by atoms with E-state index in [1.54, 1.807) is 6.07 Å². The van der Waals surface area contributed by atoms with Crippen molar-refractivity contribution >= 4 is 0 Å². The van der Waals surface area contributed by atoms with Crippen LogP contribution in [0.5, 0.6) is 11.5 Å². The van der Waals surface area contributed by atoms with Crippen LogP contribution in [-0.4, -0.2) is 0 Å². The molecule has 2 nitrogen and oxygen atoms in total. The van der Waals surface area contributed by atoms with Crippen LogP contribution >= 0.6 is 0 Å². The van der Waals surface area contributed by atoms with Gasteiger partial charge in [0.2, 0.25) is 0 Å². The third-order valence-electron chi connectivity index (χ3n) is 3.24. The Kier molecular flexibility index (Phi) is 3.81. The van der Waals surface area contributed by atoms with Gasteiger partial charge in [-0.25, -0.2) is 0 Å². The van der Waals surface area contributed by atoms with Crippen LogP contribution in [-0.2, 0) is 5.41 Å². The van der Waals surface area contributed by atoms with E-state index >= 15 is 0 Å². The molecule has 0 bridgehead atoms. The zero-order valence-electron chi connectivity index (χ0n) is 12.4. The van der Waals surface area contributed by atoms with Crippen molar-refractivity contribution in [2.45, 2.75) is 33.1 Å². The average molecular weight is 265 g/mol. The van der Waals surface area contributed by atoms with Gasteiger partial charge in [-0.3, -0.25) is 0 Å². The Balaban J connectivity index is 2.36. The highest BCUT2D eigenvalue weighted by atomic mass is 16.5. The van der Waals surface area contributed by atoms with Crippen LogP contribution in [0.4, 0.5) is 0 Å². The van der Waals surface area contributed by atoms with Gasteiger partial charge in [0.15, 0.2) is 0 Å². The highest BCUT2D eigenvalue weighted by molar-refractivity contribution is 5.45. The number of aryl methyl sites for hydroxylation is 1. The fraction of sp³-hybridized carbons (Fsp3) is 0.278. The van der Waals surface area contributed by atoms with Crippen molar-refractivity contribution in [1.82, 2.24) is 0 Å². The van der Waals surface area contributed by atoms with E-state index in [-0.39, 0.29) is 5.41 Å². The number of rotatable bonds is 2. The first-order valence-corrected chi connectivity index (χ1v) is 6.70. The molecule has 2 rings (SSSR count). The lowest BCUT2D eigenvalue weighted by atomic mass is 9.86. The molecule has 0 atom stereocenters. The highest BCUT2D eigenvalue weighted by Crippen LogP contribution is 2.34. The molecule has 0 aliphatic heterocycles. The lowest BCUT2D eigenvalue weighted by Gasteiger charge is -2.22. The fourth-order valence-corrected chi connectivity index (χ4v) is 2.13. The van der Waals surface area contributed by atoms with Crippen LogP contribution in [0.3, 0.4) is 0 Å². The monoisotopic (exact) mass is 265 g/mol. The second-order valence-electron chi connectivity index (χ2n) is 5.94. The summed E-state index contributed by atoms with van der Waals surface area (Å²) in [5, 5.41) is 8.96. The smallest absolute Gasteiger partial charge is 0.131 e. The lowest BCUT2D eigenvalue weighted by Crippen LogP contribution is -2.12. The van der Waals surface area contributed by atoms with E-state index in [9.17, 15) is 0 Å². The molecule has 102 valence electrons. The largest absolute Gasteiger partial charge is 0.457 e. The Morgan fingerprint density at radius 1 is 1.05 bits per heavy atom. The van der Waals surface area contributed by atoms with Gasteiger partial charge < -0.3 is 4.74 Å². The molecular weight excluding hydrogens is 246 g/mol. The summed E-state index contributed by atoms with van der Waals surface area (Å²) in [6, 6.07) is 15.8. The summed E-state index contributed by atoms with van der Waals surface area (Å²) in [5.74, 6) is 1.63. The molecule has 0 saturated heterocycles. The minimum atomic E-state index is 0.0260. The van der Waals surface area contributed by atoms with Gasteiger partial charge in [0.25, 0.3) is 0 Å². The third-order valence-corrected chi connectivity index (χ3v) is 3.24. The molecule has 0 spiro atoms. The van der Waals surface area contributed by atoms with E-state index < -0.39 is 0 Å². The van der Waals surface area contributed by atoms with Gasteiger partial charge in [-0.1, -0.05) is 39.0 Å². The third kappa shape index (κ3) is 3.00. The zero-order chi connectivity index (χ0) is 14.8. The first-order valence-electron chi connectivity index (χ1n) is 6.70. The van der Waals surface area contributed by atoms with Crippen LogP contribution in [0, 0.1) is 18.3 Å². The Bertz CT molecular complexity index is 660. The van der Waals surface area contributed by atoms with Crippen molar-refractivity contribution in [3.63, 3.8) is 0 Å². The van der Waals surface area contributed by atoms with Crippen LogP contribution in [0.25, 0.3) is 0 Å². The lowest BCUT2D eigenvalue weighted by molar-refractivity contribution is 0.455. The van der Waals surface area contributed by atoms with Gasteiger partial charge in [0, 0.05) is 5.56 Å². The standard InChI is InChI=1S/C18H19NO/c1-13-11-15(10-9-14(13)12-19)20-17-8-6-5-7-16(17)18(2,3)4/h5-11H,1-4H3. The highest BCUT2D eigenvalue weighted by Gasteiger charge is 2.18. The molecule has 0 saturated carbocycles. The van der Waals surface area contributed by atoms with E-state index in [4.69, 9.17) is 10.00 Å². The van der Waals surface area contributed by atoms with E-state index in [2.05, 4.69) is 32.9 Å². The van der Waals surface area contributed by atoms with E-state index in [1.807, 2.05) is 37.3 Å². The molecule has 0 aromatic heterocycles. The van der Waals surface area contributed by atoms with Crippen molar-refractivity contribution in [3.05, 3.63) is 59.2 Å². The molecule has 0 N–H and O–H groups in total. The first kappa shape index (κ1) is 14.1. The Morgan fingerprint density at radius 2 is 1.75 bits per heavy atom. The molecule has 0 aliphatic rings. The molecular formula is C18H19NO. The van der Waals surface area contributed by atoms with Crippen molar-refractivity contribution in [1.29, 1.82) is 5.26 Å². The number of para-hydroxylation sites is 1. The van der Waals surface area contributed by atoms with Crippen molar-refractivity contribution in [2.24, 2.45) is 0 Å². The van der Waals surface area contributed by atoms with E-state index in [1.165, 1.54) is 5.56 Å². The quantitative estimate of drug-likeness (QED) is 0.769. The van der Waals surface area contributed by atoms with Crippen LogP contribution in [0.1, 0.15) is 37.5 Å². The molecule has 2 aromatic rings. The van der Waals surface area contributed by atoms with E-state index in [0.717, 1.165) is 17.1 Å². The Labute approximate surface area is 120 Å². The first-order chi connectivity index (χ1) is 9.41. The summed E-state index contributed by atoms with van der Waals surface area (Å²) >= 11 is 0. The number of nitriles is 1. The fourth-order valence-electron chi connectivity index (χ4n) is 2.13. The SMILES string of the molecule is Cc1cc(Oc2ccccc2C(C)(C)C)ccc1C#N. The van der Waals surface area contributed by atoms with E-state index in [0.29, 0.717) is 5.56 Å². The predicted molar refractivity (Wildman–Crippen MR) is 81.1 cm³/mol. The summed E-state index contributed by atoms with van der Waals surface area (Å²) in [7, 11) is 0. The molecule has 20 heavy (non-hydrogen) atoms. The van der Waals surface area contributed by atoms with Gasteiger partial charge in [-0.15, -0.1) is 0 Å². The maximum Gasteiger partial charge on any atom is 0.131 e. The average Bonchev–Trinajstić information content (AvgIpc) is 2.38. The zero-order valence-corrected chi connectivity index (χ0v) is 12.4. The van der Waals surface area contributed by atoms with Crippen LogP contribution in [0.15, 0.2) is 42.5 Å². The molecule has 0 amide bonds. The molecule has 0 fully saturated rings. The Hall–Kier alpha value is -2.27. The van der Waals surface area contributed by atoms with Gasteiger partial charge in [0.05, 0.1) is 11.6 Å². The maximum absolute atomic E-state index is 8.96. The number of hydrogen-bond donors (Lipinski definition) is 0. The molecule has 2 aromatic carbocycles. The summed E-state index contributed by atoms with van der Waals surface area (Å²) in [5.41, 5.74) is 2.81. The predicted octanol–water partition coefficient (Wildman–Crippen LogP) is 4.96. The Morgan fingerprint density at radius 3 is 2.35 bits per heavy atom. The molecule has 0 unspecified atom stereocenters. The molecule has 0 radical (unpaired) electrons. The van der Waals surface area contributed by atoms with Crippen molar-refractivity contribution in [2.75, 3.05) is 0 Å². The van der Waals surface area contributed by atoms with Gasteiger partial charge >= 0.3 is 0 Å². The number of hydrogen-bond acceptors (Lipinski definition) is 2. The molecule has 2 heteroatoms. The van der Waals surface area contributed by atoms with Crippen molar-refractivity contribution < 1.29 is 4.74 Å². The normalized spacial score (nSPS) is 10.9. The number of nitrogens with zero attached hydrogens (tertiary/aromatic N) is 1. The summed E-state index contributed by atoms with van der Waals surface area (Å²) in [4.78, 5) is 0. The number of ether oxygens (including phenoxy) is 1. The van der Waals surface area contributed by atoms with Crippen LogP contribution < -0.4 is 4.74 Å². The topological polar surface area (TPSA) is 33.0 Å². The summed E-state index contributed by atoms with van der Waals surface area (Å²) in [6.07, 6.45) is 0. The van der Waals surface area contributed by atoms with Crippen LogP contribution in [0.2, 0.25) is 0 Å². The molecule has 0 aliphatic carbocycles. The minimum absolute atomic E-state index is 0.0260. The van der Waals surface area contributed by atoms with Crippen molar-refractivity contribution in [3.8, 4) is 17.6 Å². The summed E-state index contributed by atoms with van der Waals surface area (Å²) in [6.45, 7) is 8.42. The van der Waals surface area contributed by atoms with Gasteiger partial charge in [0.1, 0.15) is 11.5 Å². The second kappa shape index (κ2) is 5.38. The number of benzene rings is 2. The summed E-state index contributed by atoms with van der Waals surface area (Å²) < 4.78 is 6.01. The van der Waals surface area contributed by atoms with Gasteiger partial charge in [-0.05, 0) is 42.2 Å².